The van der Waals surface area contributed by atoms with Crippen LogP contribution in [0.25, 0.3) is 0 Å². The highest BCUT2D eigenvalue weighted by atomic mass is 16.5. The van der Waals surface area contributed by atoms with Gasteiger partial charge in [-0.2, -0.15) is 0 Å². The highest BCUT2D eigenvalue weighted by molar-refractivity contribution is 5.48. The first-order valence-electron chi connectivity index (χ1n) is 7.29. The predicted molar refractivity (Wildman–Crippen MR) is 90.6 cm³/mol. The highest BCUT2D eigenvalue weighted by Crippen LogP contribution is 2.18. The van der Waals surface area contributed by atoms with Gasteiger partial charge in [0, 0.05) is 19.2 Å². The van der Waals surface area contributed by atoms with Crippen LogP contribution >= 0.6 is 0 Å². The average molecular weight is 298 g/mol. The molecule has 0 atom stereocenters. The minimum absolute atomic E-state index is 0.678. The SMILES string of the molecule is C=CCNc1cc(NCCc2ccccc2OC)nc(C)n1. The standard InChI is InChI=1S/C17H22N4O/c1-4-10-18-16-12-17(21-13(2)20-16)19-11-9-14-7-5-6-8-15(14)22-3/h4-8,12H,1,9-11H2,2-3H3,(H2,18,19,20,21). The Labute approximate surface area is 131 Å². The third-order valence-electron chi connectivity index (χ3n) is 3.16. The van der Waals surface area contributed by atoms with Crippen LogP contribution in [0.3, 0.4) is 0 Å². The van der Waals surface area contributed by atoms with Gasteiger partial charge in [0.05, 0.1) is 7.11 Å². The molecule has 0 aliphatic rings. The van der Waals surface area contributed by atoms with Crippen molar-refractivity contribution < 1.29 is 4.74 Å². The van der Waals surface area contributed by atoms with E-state index in [4.69, 9.17) is 4.74 Å². The molecular weight excluding hydrogens is 276 g/mol. The van der Waals surface area contributed by atoms with Crippen LogP contribution in [0.2, 0.25) is 0 Å². The molecule has 1 aromatic carbocycles. The van der Waals surface area contributed by atoms with Crippen LogP contribution in [0, 0.1) is 6.92 Å². The van der Waals surface area contributed by atoms with Crippen molar-refractivity contribution in [3.05, 3.63) is 54.4 Å². The maximum absolute atomic E-state index is 5.36. The number of benzene rings is 1. The highest BCUT2D eigenvalue weighted by Gasteiger charge is 2.03. The van der Waals surface area contributed by atoms with Crippen molar-refractivity contribution in [2.75, 3.05) is 30.8 Å². The molecule has 1 aromatic heterocycles. The minimum atomic E-state index is 0.678. The molecule has 5 heteroatoms. The summed E-state index contributed by atoms with van der Waals surface area (Å²) < 4.78 is 5.36. The Kier molecular flexibility index (Phi) is 5.77. The van der Waals surface area contributed by atoms with Crippen LogP contribution in [-0.2, 0) is 6.42 Å². The van der Waals surface area contributed by atoms with E-state index in [0.29, 0.717) is 6.54 Å². The molecule has 0 aliphatic carbocycles. The van der Waals surface area contributed by atoms with Crippen molar-refractivity contribution >= 4 is 11.6 Å². The van der Waals surface area contributed by atoms with Crippen molar-refractivity contribution in [1.29, 1.82) is 0 Å². The topological polar surface area (TPSA) is 59.1 Å². The summed E-state index contributed by atoms with van der Waals surface area (Å²) in [5, 5.41) is 6.50. The van der Waals surface area contributed by atoms with Crippen molar-refractivity contribution in [3.8, 4) is 5.75 Å². The molecule has 2 N–H and O–H groups in total. The Morgan fingerprint density at radius 2 is 1.91 bits per heavy atom. The number of hydrogen-bond donors (Lipinski definition) is 2. The fourth-order valence-corrected chi connectivity index (χ4v) is 2.16. The molecule has 5 nitrogen and oxygen atoms in total. The number of aryl methyl sites for hydroxylation is 1. The molecule has 0 spiro atoms. The van der Waals surface area contributed by atoms with Gasteiger partial charge in [-0.15, -0.1) is 6.58 Å². The lowest BCUT2D eigenvalue weighted by atomic mass is 10.1. The number of aromatic nitrogens is 2. The van der Waals surface area contributed by atoms with E-state index < -0.39 is 0 Å². The Morgan fingerprint density at radius 3 is 2.64 bits per heavy atom. The van der Waals surface area contributed by atoms with Gasteiger partial charge in [0.2, 0.25) is 0 Å². The maximum Gasteiger partial charge on any atom is 0.132 e. The molecule has 1 heterocycles. The smallest absolute Gasteiger partial charge is 0.132 e. The van der Waals surface area contributed by atoms with Crippen molar-refractivity contribution in [2.24, 2.45) is 0 Å². The van der Waals surface area contributed by atoms with Crippen LogP contribution in [0.1, 0.15) is 11.4 Å². The molecule has 0 amide bonds. The minimum Gasteiger partial charge on any atom is -0.496 e. The predicted octanol–water partition coefficient (Wildman–Crippen LogP) is 3.05. The second-order valence-electron chi connectivity index (χ2n) is 4.84. The number of anilines is 2. The lowest BCUT2D eigenvalue weighted by Crippen LogP contribution is -2.10. The Bertz CT molecular complexity index is 628. The van der Waals surface area contributed by atoms with E-state index in [0.717, 1.165) is 36.2 Å². The maximum atomic E-state index is 5.36. The normalized spacial score (nSPS) is 10.1. The molecule has 116 valence electrons. The molecule has 0 fully saturated rings. The zero-order chi connectivity index (χ0) is 15.8. The van der Waals surface area contributed by atoms with Crippen LogP contribution < -0.4 is 15.4 Å². The van der Waals surface area contributed by atoms with Crippen LogP contribution in [0.4, 0.5) is 11.6 Å². The molecule has 0 radical (unpaired) electrons. The van der Waals surface area contributed by atoms with Crippen molar-refractivity contribution in [1.82, 2.24) is 9.97 Å². The van der Waals surface area contributed by atoms with Crippen LogP contribution in [0.15, 0.2) is 43.0 Å². The van der Waals surface area contributed by atoms with Gasteiger partial charge in [-0.25, -0.2) is 9.97 Å². The van der Waals surface area contributed by atoms with E-state index >= 15 is 0 Å². The molecule has 2 aromatic rings. The number of hydrogen-bond acceptors (Lipinski definition) is 5. The van der Waals surface area contributed by atoms with Gasteiger partial charge in [0.15, 0.2) is 0 Å². The number of rotatable bonds is 8. The molecule has 0 saturated heterocycles. The van der Waals surface area contributed by atoms with Gasteiger partial charge in [0.1, 0.15) is 23.2 Å². The van der Waals surface area contributed by atoms with Crippen LogP contribution in [0.5, 0.6) is 5.75 Å². The summed E-state index contributed by atoms with van der Waals surface area (Å²) >= 11 is 0. The number of para-hydroxylation sites is 1. The second-order valence-corrected chi connectivity index (χ2v) is 4.84. The molecule has 22 heavy (non-hydrogen) atoms. The summed E-state index contributed by atoms with van der Waals surface area (Å²) in [7, 11) is 1.69. The molecule has 0 unspecified atom stereocenters. The Balaban J connectivity index is 1.96. The monoisotopic (exact) mass is 298 g/mol. The lowest BCUT2D eigenvalue weighted by Gasteiger charge is -2.11. The lowest BCUT2D eigenvalue weighted by molar-refractivity contribution is 0.410. The fraction of sp³-hybridized carbons (Fsp3) is 0.294. The fourth-order valence-electron chi connectivity index (χ4n) is 2.16. The zero-order valence-corrected chi connectivity index (χ0v) is 13.1. The third-order valence-corrected chi connectivity index (χ3v) is 3.16. The Hall–Kier alpha value is -2.56. The van der Waals surface area contributed by atoms with Gasteiger partial charge >= 0.3 is 0 Å². The van der Waals surface area contributed by atoms with Gasteiger partial charge < -0.3 is 15.4 Å². The summed E-state index contributed by atoms with van der Waals surface area (Å²) in [6.07, 6.45) is 2.66. The summed E-state index contributed by atoms with van der Waals surface area (Å²) in [4.78, 5) is 8.73. The number of nitrogens with one attached hydrogen (secondary N) is 2. The first-order chi connectivity index (χ1) is 10.7. The molecule has 0 aliphatic heterocycles. The van der Waals surface area contributed by atoms with Gasteiger partial charge in [-0.3, -0.25) is 0 Å². The molecule has 2 rings (SSSR count). The largest absolute Gasteiger partial charge is 0.496 e. The van der Waals surface area contributed by atoms with E-state index in [2.05, 4.69) is 33.2 Å². The van der Waals surface area contributed by atoms with E-state index in [1.165, 1.54) is 5.56 Å². The van der Waals surface area contributed by atoms with Crippen LogP contribution in [-0.4, -0.2) is 30.2 Å². The second kappa shape index (κ2) is 8.02. The van der Waals surface area contributed by atoms with E-state index in [1.54, 1.807) is 13.2 Å². The summed E-state index contributed by atoms with van der Waals surface area (Å²) in [6.45, 7) is 7.02. The molecule has 0 saturated carbocycles. The van der Waals surface area contributed by atoms with E-state index in [-0.39, 0.29) is 0 Å². The molecular formula is C17H22N4O. The third kappa shape index (κ3) is 4.48. The van der Waals surface area contributed by atoms with Gasteiger partial charge in [-0.05, 0) is 25.0 Å². The first kappa shape index (κ1) is 15.8. The van der Waals surface area contributed by atoms with Gasteiger partial charge in [0.25, 0.3) is 0 Å². The molecule has 0 bridgehead atoms. The van der Waals surface area contributed by atoms with Crippen molar-refractivity contribution in [3.63, 3.8) is 0 Å². The summed E-state index contributed by atoms with van der Waals surface area (Å²) in [6, 6.07) is 9.94. The van der Waals surface area contributed by atoms with Gasteiger partial charge in [-0.1, -0.05) is 24.3 Å². The van der Waals surface area contributed by atoms with E-state index in [1.807, 2.05) is 31.2 Å². The Morgan fingerprint density at radius 1 is 1.18 bits per heavy atom. The van der Waals surface area contributed by atoms with E-state index in [9.17, 15) is 0 Å². The summed E-state index contributed by atoms with van der Waals surface area (Å²) in [5.41, 5.74) is 1.17. The average Bonchev–Trinajstić information content (AvgIpc) is 2.53. The van der Waals surface area contributed by atoms with Crippen molar-refractivity contribution in [2.45, 2.75) is 13.3 Å². The summed E-state index contributed by atoms with van der Waals surface area (Å²) in [5.74, 6) is 3.26. The number of ether oxygens (including phenoxy) is 1. The zero-order valence-electron chi connectivity index (χ0n) is 13.1. The number of methoxy groups -OCH3 is 1. The number of nitrogens with zero attached hydrogens (tertiary/aromatic N) is 2. The quantitative estimate of drug-likeness (QED) is 0.734. The first-order valence-corrected chi connectivity index (χ1v) is 7.29.